The van der Waals surface area contributed by atoms with Gasteiger partial charge in [-0.15, -0.1) is 0 Å². The molecule has 8 bridgehead atoms. The molecule has 3 aliphatic rings. The third kappa shape index (κ3) is 5.85. The number of carbonyl (C=O) groups is 2. The van der Waals surface area contributed by atoms with Crippen LogP contribution in [0.5, 0.6) is 0 Å². The Balaban J connectivity index is 1.39. The van der Waals surface area contributed by atoms with Gasteiger partial charge in [0, 0.05) is 37.2 Å². The smallest absolute Gasteiger partial charge is 0.378 e. The lowest BCUT2D eigenvalue weighted by Gasteiger charge is -2.36. The van der Waals surface area contributed by atoms with E-state index in [0.717, 1.165) is 0 Å². The van der Waals surface area contributed by atoms with Gasteiger partial charge < -0.3 is 29.8 Å². The van der Waals surface area contributed by atoms with Gasteiger partial charge in [-0.3, -0.25) is 9.48 Å². The van der Waals surface area contributed by atoms with Crippen LogP contribution >= 0.6 is 11.8 Å². The molecule has 1 saturated heterocycles. The second kappa shape index (κ2) is 10.8. The van der Waals surface area contributed by atoms with Crippen LogP contribution in [-0.4, -0.2) is 78.5 Å². The Morgan fingerprint density at radius 3 is 2.79 bits per heavy atom. The first-order chi connectivity index (χ1) is 20.4. The molecule has 17 heteroatoms. The topological polar surface area (TPSA) is 135 Å². The molecule has 0 aliphatic carbocycles. The van der Waals surface area contributed by atoms with Crippen molar-refractivity contribution in [2.45, 2.75) is 55.1 Å². The van der Waals surface area contributed by atoms with Crippen LogP contribution in [0.1, 0.15) is 36.5 Å². The zero-order valence-corrected chi connectivity index (χ0v) is 23.8. The van der Waals surface area contributed by atoms with Crippen molar-refractivity contribution in [1.82, 2.24) is 39.9 Å². The maximum Gasteiger partial charge on any atom is 0.447 e. The molecule has 0 aromatic carbocycles. The van der Waals surface area contributed by atoms with Gasteiger partial charge in [-0.25, -0.2) is 9.18 Å². The summed E-state index contributed by atoms with van der Waals surface area (Å²) in [6.07, 6.45) is 3.16. The highest BCUT2D eigenvalue weighted by Crippen LogP contribution is 2.44. The molecule has 7 heterocycles. The number of thioether (sulfide) groups is 1. The minimum atomic E-state index is -4.63. The number of alkyl halides is 4. The van der Waals surface area contributed by atoms with Gasteiger partial charge in [-0.05, 0) is 38.5 Å². The Morgan fingerprint density at radius 1 is 1.21 bits per heavy atom. The van der Waals surface area contributed by atoms with Gasteiger partial charge in [0.2, 0.25) is 11.7 Å². The quantitative estimate of drug-likeness (QED) is 0.215. The zero-order valence-electron chi connectivity index (χ0n) is 23.0. The van der Waals surface area contributed by atoms with Crippen molar-refractivity contribution in [1.29, 1.82) is 0 Å². The SMILES string of the molecule is CC1(C)CNC(=O)N2CC[C@@H](Nc3cccn4c(SC(F)(F)F)c(cc34)-c3noc(n3)CNC(=O)c3cnn1c3)[C@@H](F)C2. The fourth-order valence-electron chi connectivity index (χ4n) is 5.07. The molecule has 0 spiro atoms. The zero-order chi connectivity index (χ0) is 30.5. The molecule has 4 aromatic heterocycles. The first-order valence-corrected chi connectivity index (χ1v) is 14.2. The largest absolute Gasteiger partial charge is 0.447 e. The molecular weight excluding hydrogens is 594 g/mol. The molecule has 7 rings (SSSR count). The molecule has 0 radical (unpaired) electrons. The minimum absolute atomic E-state index is 0.0236. The van der Waals surface area contributed by atoms with Crippen molar-refractivity contribution in [3.8, 4) is 11.4 Å². The van der Waals surface area contributed by atoms with E-state index in [9.17, 15) is 22.8 Å². The van der Waals surface area contributed by atoms with E-state index in [4.69, 9.17) is 4.52 Å². The number of piperidine rings is 1. The summed E-state index contributed by atoms with van der Waals surface area (Å²) in [5.74, 6) is -0.627. The predicted molar refractivity (Wildman–Crippen MR) is 147 cm³/mol. The number of anilines is 1. The number of halogens is 4. The van der Waals surface area contributed by atoms with Crippen molar-refractivity contribution in [2.24, 2.45) is 0 Å². The minimum Gasteiger partial charge on any atom is -0.378 e. The van der Waals surface area contributed by atoms with Gasteiger partial charge >= 0.3 is 11.5 Å². The molecule has 2 atom stereocenters. The number of pyridine rings is 1. The number of amides is 3. The van der Waals surface area contributed by atoms with Crippen LogP contribution in [0.3, 0.4) is 0 Å². The first kappa shape index (κ1) is 28.8. The number of hydrogen-bond donors (Lipinski definition) is 3. The summed E-state index contributed by atoms with van der Waals surface area (Å²) in [5.41, 5.74) is -4.33. The van der Waals surface area contributed by atoms with Crippen molar-refractivity contribution < 1.29 is 31.7 Å². The lowest BCUT2D eigenvalue weighted by Crippen LogP contribution is -2.54. The number of nitrogens with zero attached hydrogens (tertiary/aromatic N) is 6. The summed E-state index contributed by atoms with van der Waals surface area (Å²) < 4.78 is 64.5. The Bertz CT molecular complexity index is 1680. The Morgan fingerprint density at radius 2 is 2.02 bits per heavy atom. The second-order valence-electron chi connectivity index (χ2n) is 10.9. The Hall–Kier alpha value is -4.28. The van der Waals surface area contributed by atoms with E-state index in [-0.39, 0.29) is 72.2 Å². The van der Waals surface area contributed by atoms with E-state index in [1.54, 1.807) is 16.8 Å². The van der Waals surface area contributed by atoms with Crippen LogP contribution in [0.4, 0.5) is 28.0 Å². The highest BCUT2D eigenvalue weighted by molar-refractivity contribution is 8.00. The number of hydrogen-bond acceptors (Lipinski definition) is 8. The number of fused-ring (bicyclic) bond motifs is 7. The summed E-state index contributed by atoms with van der Waals surface area (Å²) in [6.45, 7) is 3.71. The molecule has 0 unspecified atom stereocenters. The van der Waals surface area contributed by atoms with Crippen LogP contribution in [0.25, 0.3) is 16.9 Å². The number of urea groups is 1. The molecule has 4 aromatic rings. The summed E-state index contributed by atoms with van der Waals surface area (Å²) in [4.78, 5) is 31.3. The van der Waals surface area contributed by atoms with Crippen molar-refractivity contribution in [2.75, 3.05) is 25.0 Å². The molecular formula is C26H27F4N9O3S. The average Bonchev–Trinajstić information content (AvgIpc) is 3.70. The molecule has 12 nitrogen and oxygen atoms in total. The van der Waals surface area contributed by atoms with E-state index < -0.39 is 35.2 Å². The van der Waals surface area contributed by atoms with Crippen molar-refractivity contribution >= 4 is 34.9 Å². The Kier molecular flexibility index (Phi) is 7.22. The van der Waals surface area contributed by atoms with Crippen LogP contribution < -0.4 is 16.0 Å². The summed E-state index contributed by atoms with van der Waals surface area (Å²) in [5, 5.41) is 16.5. The van der Waals surface area contributed by atoms with Crippen LogP contribution in [-0.2, 0) is 12.1 Å². The van der Waals surface area contributed by atoms with Gasteiger partial charge in [-0.2, -0.15) is 23.3 Å². The maximum absolute atomic E-state index is 15.4. The highest BCUT2D eigenvalue weighted by Gasteiger charge is 2.36. The molecule has 3 aliphatic heterocycles. The predicted octanol–water partition coefficient (Wildman–Crippen LogP) is 4.01. The summed E-state index contributed by atoms with van der Waals surface area (Å²) >= 11 is -0.338. The average molecular weight is 622 g/mol. The fraction of sp³-hybridized carbons (Fsp3) is 0.423. The van der Waals surface area contributed by atoms with Gasteiger partial charge in [0.15, 0.2) is 0 Å². The number of carbonyl (C=O) groups excluding carboxylic acids is 2. The third-order valence-electron chi connectivity index (χ3n) is 7.39. The van der Waals surface area contributed by atoms with E-state index in [1.165, 1.54) is 34.0 Å². The van der Waals surface area contributed by atoms with Gasteiger partial charge in [0.05, 0.1) is 58.2 Å². The molecule has 228 valence electrons. The fourth-order valence-corrected chi connectivity index (χ4v) is 5.81. The molecule has 0 saturated carbocycles. The lowest BCUT2D eigenvalue weighted by atomic mass is 10.0. The molecule has 3 N–H and O–H groups in total. The van der Waals surface area contributed by atoms with Gasteiger partial charge in [0.25, 0.3) is 5.91 Å². The third-order valence-corrected chi connectivity index (χ3v) is 8.23. The number of nitrogens with one attached hydrogen (secondary N) is 3. The molecule has 3 amide bonds. The van der Waals surface area contributed by atoms with Crippen LogP contribution in [0.2, 0.25) is 0 Å². The van der Waals surface area contributed by atoms with Gasteiger partial charge in [-0.1, -0.05) is 5.16 Å². The summed E-state index contributed by atoms with van der Waals surface area (Å²) in [6, 6.07) is 3.54. The lowest BCUT2D eigenvalue weighted by molar-refractivity contribution is -0.0329. The van der Waals surface area contributed by atoms with E-state index in [0.29, 0.717) is 11.2 Å². The van der Waals surface area contributed by atoms with E-state index >= 15 is 4.39 Å². The van der Waals surface area contributed by atoms with Gasteiger partial charge in [0.1, 0.15) is 6.17 Å². The monoisotopic (exact) mass is 621 g/mol. The number of rotatable bonds is 1. The first-order valence-electron chi connectivity index (χ1n) is 13.4. The number of aromatic nitrogens is 5. The maximum atomic E-state index is 15.4. The van der Waals surface area contributed by atoms with E-state index in [2.05, 4.69) is 31.2 Å². The van der Waals surface area contributed by atoms with Crippen LogP contribution in [0.15, 0.2) is 46.3 Å². The summed E-state index contributed by atoms with van der Waals surface area (Å²) in [7, 11) is 0. The molecule has 1 fully saturated rings. The Labute approximate surface area is 246 Å². The standard InChI is InChI=1S/C26H27F4N9O3S/c1-25(2)13-32-24(41)37-7-5-17(16(27)12-37)34-18-4-3-6-38-19(18)8-15(23(38)43-26(28,29)30)21-35-20(42-36-21)10-31-22(40)14-9-33-39(25)11-14/h3-4,6,8-9,11,16-17,34H,5,7,10,12-13H2,1-2H3,(H,31,40)(H,32,41)/t16-,17+/m0/s1. The van der Waals surface area contributed by atoms with Crippen LogP contribution in [0, 0.1) is 0 Å². The highest BCUT2D eigenvalue weighted by atomic mass is 32.2. The van der Waals surface area contributed by atoms with E-state index in [1.807, 2.05) is 13.8 Å². The van der Waals surface area contributed by atoms with Crippen molar-refractivity contribution in [3.05, 3.63) is 48.2 Å². The molecule has 43 heavy (non-hydrogen) atoms. The van der Waals surface area contributed by atoms with Crippen molar-refractivity contribution in [3.63, 3.8) is 0 Å². The second-order valence-corrected chi connectivity index (χ2v) is 12.0. The normalized spacial score (nSPS) is 21.2.